The van der Waals surface area contributed by atoms with Gasteiger partial charge in [0, 0.05) is 44.5 Å². The number of hydrogen-bond acceptors (Lipinski definition) is 4. The van der Waals surface area contributed by atoms with Crippen molar-refractivity contribution in [3.05, 3.63) is 43.0 Å². The van der Waals surface area contributed by atoms with Gasteiger partial charge in [-0.2, -0.15) is 0 Å². The lowest BCUT2D eigenvalue weighted by atomic mass is 10.2. The molecule has 1 aliphatic heterocycles. The number of benzene rings is 1. The highest BCUT2D eigenvalue weighted by Crippen LogP contribution is 2.19. The third kappa shape index (κ3) is 5.47. The Morgan fingerprint density at radius 3 is 2.77 bits per heavy atom. The highest BCUT2D eigenvalue weighted by atomic mass is 15.2. The van der Waals surface area contributed by atoms with Crippen molar-refractivity contribution in [1.29, 1.82) is 0 Å². The number of guanidine groups is 1. The van der Waals surface area contributed by atoms with Crippen LogP contribution in [0.2, 0.25) is 0 Å². The maximum atomic E-state index is 4.73. The van der Waals surface area contributed by atoms with Gasteiger partial charge in [0.15, 0.2) is 5.96 Å². The van der Waals surface area contributed by atoms with Crippen LogP contribution >= 0.6 is 0 Å². The van der Waals surface area contributed by atoms with E-state index >= 15 is 0 Å². The van der Waals surface area contributed by atoms with Crippen LogP contribution in [-0.4, -0.2) is 52.9 Å². The average Bonchev–Trinajstić information content (AvgIpc) is 3.34. The fourth-order valence-corrected chi connectivity index (χ4v) is 3.20. The molecule has 2 aromatic rings. The minimum atomic E-state index is 0.435. The third-order valence-corrected chi connectivity index (χ3v) is 4.56. The molecular formula is C19H29N7. The molecule has 26 heavy (non-hydrogen) atoms. The predicted molar refractivity (Wildman–Crippen MR) is 105 cm³/mol. The molecule has 0 bridgehead atoms. The van der Waals surface area contributed by atoms with Gasteiger partial charge in [0.25, 0.3) is 0 Å². The van der Waals surface area contributed by atoms with Gasteiger partial charge in [0.05, 0.1) is 0 Å². The molecule has 1 unspecified atom stereocenters. The van der Waals surface area contributed by atoms with E-state index in [9.17, 15) is 0 Å². The summed E-state index contributed by atoms with van der Waals surface area (Å²) in [4.78, 5) is 7.16. The molecule has 3 rings (SSSR count). The number of aromatic nitrogens is 3. The zero-order valence-electron chi connectivity index (χ0n) is 15.5. The molecule has 7 nitrogen and oxygen atoms in total. The molecule has 0 saturated carbocycles. The van der Waals surface area contributed by atoms with Crippen LogP contribution in [0.25, 0.3) is 0 Å². The molecule has 1 aliphatic rings. The maximum Gasteiger partial charge on any atom is 0.191 e. The maximum absolute atomic E-state index is 4.73. The number of aryl methyl sites for hydroxylation is 1. The first-order valence-corrected chi connectivity index (χ1v) is 9.52. The van der Waals surface area contributed by atoms with E-state index in [1.54, 1.807) is 12.7 Å². The number of nitrogens with one attached hydrogen (secondary N) is 2. The van der Waals surface area contributed by atoms with Crippen LogP contribution < -0.4 is 15.5 Å². The van der Waals surface area contributed by atoms with Crippen LogP contribution in [0, 0.1) is 0 Å². The molecule has 1 aromatic heterocycles. The molecule has 0 radical (unpaired) electrons. The Morgan fingerprint density at radius 2 is 2.00 bits per heavy atom. The largest absolute Gasteiger partial charge is 0.369 e. The van der Waals surface area contributed by atoms with E-state index in [1.165, 1.54) is 5.69 Å². The van der Waals surface area contributed by atoms with E-state index in [1.807, 2.05) is 4.57 Å². The van der Waals surface area contributed by atoms with Crippen LogP contribution in [0.15, 0.2) is 48.0 Å². The first-order chi connectivity index (χ1) is 12.8. The van der Waals surface area contributed by atoms with Crippen LogP contribution in [-0.2, 0) is 6.54 Å². The summed E-state index contributed by atoms with van der Waals surface area (Å²) in [6.45, 7) is 6.85. The van der Waals surface area contributed by atoms with E-state index in [0.717, 1.165) is 57.9 Å². The van der Waals surface area contributed by atoms with Crippen molar-refractivity contribution in [2.45, 2.75) is 38.8 Å². The Kier molecular flexibility index (Phi) is 6.87. The zero-order valence-corrected chi connectivity index (χ0v) is 15.5. The minimum absolute atomic E-state index is 0.435. The topological polar surface area (TPSA) is 70.4 Å². The van der Waals surface area contributed by atoms with E-state index < -0.39 is 0 Å². The van der Waals surface area contributed by atoms with Gasteiger partial charge < -0.3 is 20.1 Å². The summed E-state index contributed by atoms with van der Waals surface area (Å²) in [6.07, 6.45) is 6.77. The fraction of sp³-hybridized carbons (Fsp3) is 0.526. The lowest BCUT2D eigenvalue weighted by Gasteiger charge is -2.20. The molecule has 0 amide bonds. The van der Waals surface area contributed by atoms with E-state index in [4.69, 9.17) is 4.99 Å². The van der Waals surface area contributed by atoms with Crippen molar-refractivity contribution in [3.63, 3.8) is 0 Å². The molecule has 2 N–H and O–H groups in total. The van der Waals surface area contributed by atoms with Gasteiger partial charge in [-0.15, -0.1) is 10.2 Å². The Morgan fingerprint density at radius 1 is 1.19 bits per heavy atom. The molecule has 2 heterocycles. The van der Waals surface area contributed by atoms with Crippen molar-refractivity contribution in [2.75, 3.05) is 31.1 Å². The van der Waals surface area contributed by atoms with Crippen molar-refractivity contribution < 1.29 is 0 Å². The van der Waals surface area contributed by atoms with Gasteiger partial charge in [0.2, 0.25) is 0 Å². The lowest BCUT2D eigenvalue weighted by Crippen LogP contribution is -2.44. The summed E-state index contributed by atoms with van der Waals surface area (Å²) in [7, 11) is 0. The summed E-state index contributed by atoms with van der Waals surface area (Å²) in [6, 6.07) is 11.1. The molecule has 1 atom stereocenters. The number of unbranched alkanes of at least 4 members (excludes halogenated alkanes) is 1. The summed E-state index contributed by atoms with van der Waals surface area (Å²) >= 11 is 0. The first kappa shape index (κ1) is 18.2. The van der Waals surface area contributed by atoms with Crippen molar-refractivity contribution in [3.8, 4) is 0 Å². The smallest absolute Gasteiger partial charge is 0.191 e. The van der Waals surface area contributed by atoms with Crippen LogP contribution in [0.3, 0.4) is 0 Å². The Bertz CT molecular complexity index is 654. The number of aliphatic imine (C=N–C) groups is 1. The quantitative estimate of drug-likeness (QED) is 0.430. The summed E-state index contributed by atoms with van der Waals surface area (Å²) < 4.78 is 2.00. The Balaban J connectivity index is 1.42. The summed E-state index contributed by atoms with van der Waals surface area (Å²) in [5, 5.41) is 14.6. The number of para-hydroxylation sites is 1. The Hall–Kier alpha value is -2.57. The monoisotopic (exact) mass is 355 g/mol. The van der Waals surface area contributed by atoms with Gasteiger partial charge in [-0.05, 0) is 38.3 Å². The number of nitrogens with zero attached hydrogens (tertiary/aromatic N) is 5. The highest BCUT2D eigenvalue weighted by molar-refractivity contribution is 5.80. The lowest BCUT2D eigenvalue weighted by molar-refractivity contribution is 0.607. The first-order valence-electron chi connectivity index (χ1n) is 9.52. The van der Waals surface area contributed by atoms with Gasteiger partial charge in [0.1, 0.15) is 12.7 Å². The van der Waals surface area contributed by atoms with Crippen LogP contribution in [0.1, 0.15) is 26.2 Å². The highest BCUT2D eigenvalue weighted by Gasteiger charge is 2.23. The van der Waals surface area contributed by atoms with Crippen molar-refractivity contribution in [1.82, 2.24) is 25.4 Å². The third-order valence-electron chi connectivity index (χ3n) is 4.56. The second-order valence-corrected chi connectivity index (χ2v) is 6.58. The van der Waals surface area contributed by atoms with Crippen molar-refractivity contribution in [2.24, 2.45) is 4.99 Å². The SMILES string of the molecule is CCNC(=NCCCCn1cnnc1)NC1CCN(c2ccccc2)C1. The van der Waals surface area contributed by atoms with E-state index in [-0.39, 0.29) is 0 Å². The fourth-order valence-electron chi connectivity index (χ4n) is 3.20. The molecule has 0 aliphatic carbocycles. The number of rotatable bonds is 8. The van der Waals surface area contributed by atoms with E-state index in [2.05, 4.69) is 63.0 Å². The zero-order chi connectivity index (χ0) is 18.0. The number of hydrogen-bond donors (Lipinski definition) is 2. The minimum Gasteiger partial charge on any atom is -0.369 e. The molecule has 7 heteroatoms. The molecule has 0 spiro atoms. The standard InChI is InChI=1S/C19H29N7/c1-2-20-19(21-11-6-7-12-25-15-22-23-16-25)24-17-10-13-26(14-17)18-8-4-3-5-9-18/h3-5,8-9,15-17H,2,6-7,10-14H2,1H3,(H2,20,21,24). The van der Waals surface area contributed by atoms with Gasteiger partial charge in [-0.1, -0.05) is 18.2 Å². The average molecular weight is 355 g/mol. The second kappa shape index (κ2) is 9.79. The van der Waals surface area contributed by atoms with Gasteiger partial charge in [-0.3, -0.25) is 4.99 Å². The predicted octanol–water partition coefficient (Wildman–Crippen LogP) is 1.89. The Labute approximate surface area is 155 Å². The molecule has 1 fully saturated rings. The molecule has 140 valence electrons. The van der Waals surface area contributed by atoms with Crippen molar-refractivity contribution >= 4 is 11.6 Å². The normalized spacial score (nSPS) is 17.5. The van der Waals surface area contributed by atoms with E-state index in [0.29, 0.717) is 6.04 Å². The van der Waals surface area contributed by atoms with Crippen LogP contribution in [0.5, 0.6) is 0 Å². The summed E-state index contributed by atoms with van der Waals surface area (Å²) in [5.74, 6) is 0.928. The summed E-state index contributed by atoms with van der Waals surface area (Å²) in [5.41, 5.74) is 1.30. The molecule has 1 aromatic carbocycles. The van der Waals surface area contributed by atoms with Crippen LogP contribution in [0.4, 0.5) is 5.69 Å². The van der Waals surface area contributed by atoms with Gasteiger partial charge in [-0.25, -0.2) is 0 Å². The molecular weight excluding hydrogens is 326 g/mol. The second-order valence-electron chi connectivity index (χ2n) is 6.58. The van der Waals surface area contributed by atoms with Gasteiger partial charge >= 0.3 is 0 Å². The number of anilines is 1. The molecule has 1 saturated heterocycles.